The molecule has 7 nitrogen and oxygen atoms in total. The highest BCUT2D eigenvalue weighted by Gasteiger charge is 2.13. The number of carbonyl (C=O) groups excluding carboxylic acids is 2. The maximum absolute atomic E-state index is 13.8. The second kappa shape index (κ2) is 9.32. The van der Waals surface area contributed by atoms with E-state index < -0.39 is 21.6 Å². The number of benzene rings is 2. The zero-order valence-corrected chi connectivity index (χ0v) is 16.3. The number of carbonyl (C=O) groups is 2. The van der Waals surface area contributed by atoms with E-state index in [0.717, 1.165) is 24.5 Å². The van der Waals surface area contributed by atoms with Crippen molar-refractivity contribution < 1.29 is 27.1 Å². The van der Waals surface area contributed by atoms with Crippen molar-refractivity contribution in [3.05, 3.63) is 53.8 Å². The van der Waals surface area contributed by atoms with Crippen LogP contribution in [0, 0.1) is 5.82 Å². The van der Waals surface area contributed by atoms with Gasteiger partial charge in [0.25, 0.3) is 5.91 Å². The summed E-state index contributed by atoms with van der Waals surface area (Å²) in [5, 5.41) is 5.03. The van der Waals surface area contributed by atoms with Crippen LogP contribution in [0.3, 0.4) is 0 Å². The van der Waals surface area contributed by atoms with Crippen molar-refractivity contribution in [2.24, 2.45) is 0 Å². The molecule has 0 spiro atoms. The van der Waals surface area contributed by atoms with E-state index in [1.807, 2.05) is 0 Å². The van der Waals surface area contributed by atoms with Crippen LogP contribution in [-0.2, 0) is 14.6 Å². The molecule has 0 heterocycles. The van der Waals surface area contributed by atoms with Crippen LogP contribution >= 0.6 is 0 Å². The van der Waals surface area contributed by atoms with Gasteiger partial charge in [0, 0.05) is 24.8 Å². The number of amides is 2. The Balaban J connectivity index is 1.82. The van der Waals surface area contributed by atoms with Crippen molar-refractivity contribution >= 4 is 27.3 Å². The fourth-order valence-corrected chi connectivity index (χ4v) is 2.99. The second-order valence-corrected chi connectivity index (χ2v) is 8.07. The number of sulfone groups is 1. The molecule has 0 aliphatic carbocycles. The summed E-state index contributed by atoms with van der Waals surface area (Å²) in [7, 11) is -1.98. The summed E-state index contributed by atoms with van der Waals surface area (Å²) < 4.78 is 41.9. The monoisotopic (exact) mass is 408 g/mol. The molecule has 2 aromatic carbocycles. The van der Waals surface area contributed by atoms with E-state index in [2.05, 4.69) is 10.6 Å². The van der Waals surface area contributed by atoms with Gasteiger partial charge in [0.2, 0.25) is 5.91 Å². The first-order valence-electron chi connectivity index (χ1n) is 8.42. The Hall–Kier alpha value is -2.94. The number of rotatable bonds is 8. The van der Waals surface area contributed by atoms with E-state index in [9.17, 15) is 22.4 Å². The maximum Gasteiger partial charge on any atom is 0.251 e. The van der Waals surface area contributed by atoms with Gasteiger partial charge < -0.3 is 15.4 Å². The molecule has 28 heavy (non-hydrogen) atoms. The molecule has 0 saturated carbocycles. The van der Waals surface area contributed by atoms with Gasteiger partial charge in [0.15, 0.2) is 9.84 Å². The Morgan fingerprint density at radius 2 is 1.79 bits per heavy atom. The first kappa shape index (κ1) is 21.4. The van der Waals surface area contributed by atoms with Gasteiger partial charge in [-0.3, -0.25) is 9.59 Å². The van der Waals surface area contributed by atoms with Crippen molar-refractivity contribution in [3.63, 3.8) is 0 Å². The zero-order valence-electron chi connectivity index (χ0n) is 15.5. The van der Waals surface area contributed by atoms with Crippen molar-refractivity contribution in [2.75, 3.05) is 25.2 Å². The second-order valence-electron chi connectivity index (χ2n) is 6.05. The van der Waals surface area contributed by atoms with Crippen molar-refractivity contribution in [1.82, 2.24) is 5.32 Å². The van der Waals surface area contributed by atoms with Crippen LogP contribution in [0.4, 0.5) is 10.1 Å². The standard InChI is InChI=1S/C19H21FN2O5S/c1-27-14-7-5-13(6-8-14)19(24)21-11-3-4-18(23)22-17-12-15(28(2,25)26)9-10-16(17)20/h5-10,12H,3-4,11H2,1-2H3,(H,21,24)(H,22,23). The normalized spacial score (nSPS) is 11.0. The average molecular weight is 408 g/mol. The smallest absolute Gasteiger partial charge is 0.251 e. The van der Waals surface area contributed by atoms with Crippen molar-refractivity contribution in [2.45, 2.75) is 17.7 Å². The van der Waals surface area contributed by atoms with E-state index >= 15 is 0 Å². The van der Waals surface area contributed by atoms with Gasteiger partial charge in [0.05, 0.1) is 17.7 Å². The lowest BCUT2D eigenvalue weighted by Gasteiger charge is -2.09. The van der Waals surface area contributed by atoms with Gasteiger partial charge in [-0.2, -0.15) is 0 Å². The Kier molecular flexibility index (Phi) is 7.11. The Bertz CT molecular complexity index is 959. The van der Waals surface area contributed by atoms with Gasteiger partial charge in [-0.25, -0.2) is 12.8 Å². The quantitative estimate of drug-likeness (QED) is 0.516. The van der Waals surface area contributed by atoms with Gasteiger partial charge >= 0.3 is 0 Å². The zero-order chi connectivity index (χ0) is 20.7. The summed E-state index contributed by atoms with van der Waals surface area (Å²) in [5.74, 6) is -0.854. The molecule has 0 unspecified atom stereocenters. The minimum Gasteiger partial charge on any atom is -0.497 e. The molecule has 0 bridgehead atoms. The third-order valence-electron chi connectivity index (χ3n) is 3.86. The molecular weight excluding hydrogens is 387 g/mol. The van der Waals surface area contributed by atoms with E-state index in [4.69, 9.17) is 4.74 Å². The molecule has 0 aliphatic rings. The molecule has 2 amide bonds. The summed E-state index contributed by atoms with van der Waals surface area (Å²) in [6.45, 7) is 0.254. The molecule has 0 fully saturated rings. The molecule has 2 rings (SSSR count). The topological polar surface area (TPSA) is 102 Å². The van der Waals surface area contributed by atoms with Crippen LogP contribution in [0.25, 0.3) is 0 Å². The molecule has 0 saturated heterocycles. The Morgan fingerprint density at radius 3 is 2.39 bits per heavy atom. The maximum atomic E-state index is 13.8. The fraction of sp³-hybridized carbons (Fsp3) is 0.263. The number of methoxy groups -OCH3 is 1. The molecule has 2 N–H and O–H groups in total. The van der Waals surface area contributed by atoms with Crippen molar-refractivity contribution in [1.29, 1.82) is 0 Å². The highest BCUT2D eigenvalue weighted by atomic mass is 32.2. The first-order valence-corrected chi connectivity index (χ1v) is 10.3. The largest absolute Gasteiger partial charge is 0.497 e. The van der Waals surface area contributed by atoms with E-state index in [0.29, 0.717) is 17.7 Å². The predicted molar refractivity (Wildman–Crippen MR) is 103 cm³/mol. The molecule has 0 atom stereocenters. The van der Waals surface area contributed by atoms with Crippen molar-refractivity contribution in [3.8, 4) is 5.75 Å². The number of hydrogen-bond acceptors (Lipinski definition) is 5. The first-order chi connectivity index (χ1) is 13.2. The third kappa shape index (κ3) is 6.05. The number of hydrogen-bond donors (Lipinski definition) is 2. The minimum absolute atomic E-state index is 0.0332. The summed E-state index contributed by atoms with van der Waals surface area (Å²) >= 11 is 0. The van der Waals surface area contributed by atoms with Crippen LogP contribution in [-0.4, -0.2) is 40.1 Å². The molecule has 0 aliphatic heterocycles. The van der Waals surface area contributed by atoms with E-state index in [1.165, 1.54) is 7.11 Å². The summed E-state index contributed by atoms with van der Waals surface area (Å²) in [6, 6.07) is 9.78. The lowest BCUT2D eigenvalue weighted by Crippen LogP contribution is -2.25. The summed E-state index contributed by atoms with van der Waals surface area (Å²) in [5.41, 5.74) is 0.264. The Labute approximate surface area is 162 Å². The molecule has 9 heteroatoms. The number of ether oxygens (including phenoxy) is 1. The molecule has 0 radical (unpaired) electrons. The lowest BCUT2D eigenvalue weighted by molar-refractivity contribution is -0.116. The lowest BCUT2D eigenvalue weighted by atomic mass is 10.2. The van der Waals surface area contributed by atoms with Crippen LogP contribution in [0.15, 0.2) is 47.4 Å². The average Bonchev–Trinajstić information content (AvgIpc) is 2.66. The van der Waals surface area contributed by atoms with Gasteiger partial charge in [-0.1, -0.05) is 0 Å². The number of nitrogens with one attached hydrogen (secondary N) is 2. The van der Waals surface area contributed by atoms with Gasteiger partial charge in [0.1, 0.15) is 11.6 Å². The SMILES string of the molecule is COc1ccc(C(=O)NCCCC(=O)Nc2cc(S(C)(=O)=O)ccc2F)cc1. The van der Waals surface area contributed by atoms with Gasteiger partial charge in [-0.05, 0) is 48.9 Å². The number of anilines is 1. The molecule has 0 aromatic heterocycles. The van der Waals surface area contributed by atoms with E-state index in [1.54, 1.807) is 24.3 Å². The Morgan fingerprint density at radius 1 is 1.11 bits per heavy atom. The molecule has 2 aromatic rings. The third-order valence-corrected chi connectivity index (χ3v) is 4.97. The summed E-state index contributed by atoms with van der Waals surface area (Å²) in [4.78, 5) is 23.9. The number of halogens is 1. The van der Waals surface area contributed by atoms with Gasteiger partial charge in [-0.15, -0.1) is 0 Å². The molecule has 150 valence electrons. The summed E-state index contributed by atoms with van der Waals surface area (Å²) in [6.07, 6.45) is 1.36. The highest BCUT2D eigenvalue weighted by molar-refractivity contribution is 7.90. The van der Waals surface area contributed by atoms with Crippen LogP contribution in [0.1, 0.15) is 23.2 Å². The fourth-order valence-electron chi connectivity index (χ4n) is 2.34. The van der Waals surface area contributed by atoms with Crippen LogP contribution < -0.4 is 15.4 Å². The van der Waals surface area contributed by atoms with Crippen LogP contribution in [0.2, 0.25) is 0 Å². The highest BCUT2D eigenvalue weighted by Crippen LogP contribution is 2.20. The predicted octanol–water partition coefficient (Wildman–Crippen LogP) is 2.39. The minimum atomic E-state index is -3.51. The van der Waals surface area contributed by atoms with E-state index in [-0.39, 0.29) is 29.5 Å². The van der Waals surface area contributed by atoms with Crippen LogP contribution in [0.5, 0.6) is 5.75 Å². The molecular formula is C19H21FN2O5S.